The lowest BCUT2D eigenvalue weighted by Crippen LogP contribution is -2.42. The first-order valence-electron chi connectivity index (χ1n) is 6.74. The standard InChI is InChI=1S/C13H18Br2N2O3S/c14-10-3-4-12(15)13(8-10)21(19,20)17(6-7-18)9-11-2-1-5-16-11/h3-4,8,11,16,18H,1-2,5-7,9H2. The summed E-state index contributed by atoms with van der Waals surface area (Å²) in [6.45, 7) is 1.19. The van der Waals surface area contributed by atoms with Crippen LogP contribution >= 0.6 is 31.9 Å². The van der Waals surface area contributed by atoms with E-state index in [1.54, 1.807) is 18.2 Å². The summed E-state index contributed by atoms with van der Waals surface area (Å²) >= 11 is 6.59. The first-order valence-corrected chi connectivity index (χ1v) is 9.77. The zero-order valence-electron chi connectivity index (χ0n) is 11.4. The van der Waals surface area contributed by atoms with E-state index in [9.17, 15) is 13.5 Å². The fourth-order valence-corrected chi connectivity index (χ4v) is 5.33. The molecule has 0 spiro atoms. The van der Waals surface area contributed by atoms with Crippen molar-refractivity contribution >= 4 is 41.9 Å². The molecule has 0 saturated carbocycles. The fourth-order valence-electron chi connectivity index (χ4n) is 2.39. The van der Waals surface area contributed by atoms with E-state index in [0.29, 0.717) is 15.5 Å². The lowest BCUT2D eigenvalue weighted by molar-refractivity contribution is 0.246. The van der Waals surface area contributed by atoms with Crippen molar-refractivity contribution in [3.8, 4) is 0 Å². The summed E-state index contributed by atoms with van der Waals surface area (Å²) in [6, 6.07) is 5.20. The molecule has 1 unspecified atom stereocenters. The van der Waals surface area contributed by atoms with Gasteiger partial charge in [0.05, 0.1) is 11.5 Å². The number of aliphatic hydroxyl groups excluding tert-OH is 1. The first kappa shape index (κ1) is 17.4. The van der Waals surface area contributed by atoms with E-state index in [2.05, 4.69) is 37.2 Å². The van der Waals surface area contributed by atoms with Crippen molar-refractivity contribution in [3.63, 3.8) is 0 Å². The van der Waals surface area contributed by atoms with E-state index >= 15 is 0 Å². The molecule has 1 fully saturated rings. The Morgan fingerprint density at radius 3 is 2.76 bits per heavy atom. The van der Waals surface area contributed by atoms with Crippen LogP contribution in [0.5, 0.6) is 0 Å². The zero-order chi connectivity index (χ0) is 15.5. The van der Waals surface area contributed by atoms with Gasteiger partial charge in [-0.2, -0.15) is 4.31 Å². The Bertz CT molecular complexity index is 589. The molecule has 1 aromatic carbocycles. The van der Waals surface area contributed by atoms with Gasteiger partial charge in [0, 0.05) is 28.1 Å². The highest BCUT2D eigenvalue weighted by molar-refractivity contribution is 9.11. The summed E-state index contributed by atoms with van der Waals surface area (Å²) in [5, 5.41) is 12.5. The summed E-state index contributed by atoms with van der Waals surface area (Å²) in [5.74, 6) is 0. The van der Waals surface area contributed by atoms with Crippen LogP contribution in [0.25, 0.3) is 0 Å². The summed E-state index contributed by atoms with van der Waals surface area (Å²) in [7, 11) is -3.65. The van der Waals surface area contributed by atoms with Gasteiger partial charge >= 0.3 is 0 Å². The van der Waals surface area contributed by atoms with Crippen molar-refractivity contribution in [3.05, 3.63) is 27.1 Å². The molecule has 1 aliphatic rings. The average molecular weight is 442 g/mol. The van der Waals surface area contributed by atoms with Crippen molar-refractivity contribution in [1.82, 2.24) is 9.62 Å². The van der Waals surface area contributed by atoms with E-state index < -0.39 is 10.0 Å². The number of nitrogens with one attached hydrogen (secondary N) is 1. The lowest BCUT2D eigenvalue weighted by atomic mass is 10.2. The molecule has 2 N–H and O–H groups in total. The normalized spacial score (nSPS) is 19.3. The SMILES string of the molecule is O=S(=O)(c1cc(Br)ccc1Br)N(CCO)CC1CCCN1. The number of hydrogen-bond acceptors (Lipinski definition) is 4. The Balaban J connectivity index is 2.29. The monoisotopic (exact) mass is 440 g/mol. The van der Waals surface area contributed by atoms with Crippen molar-refractivity contribution in [2.75, 3.05) is 26.2 Å². The molecule has 1 atom stereocenters. The van der Waals surface area contributed by atoms with Gasteiger partial charge < -0.3 is 10.4 Å². The van der Waals surface area contributed by atoms with Crippen molar-refractivity contribution in [2.45, 2.75) is 23.8 Å². The summed E-state index contributed by atoms with van der Waals surface area (Å²) in [6.07, 6.45) is 2.01. The molecule has 1 heterocycles. The summed E-state index contributed by atoms with van der Waals surface area (Å²) in [5.41, 5.74) is 0. The zero-order valence-corrected chi connectivity index (χ0v) is 15.4. The molecule has 0 radical (unpaired) electrons. The van der Waals surface area contributed by atoms with Gasteiger partial charge in [0.15, 0.2) is 0 Å². The predicted molar refractivity (Wildman–Crippen MR) is 88.7 cm³/mol. The van der Waals surface area contributed by atoms with Crippen LogP contribution in [0.2, 0.25) is 0 Å². The lowest BCUT2D eigenvalue weighted by Gasteiger charge is -2.25. The Kier molecular flexibility index (Phi) is 6.22. The van der Waals surface area contributed by atoms with Gasteiger partial charge in [-0.25, -0.2) is 8.42 Å². The molecular formula is C13H18Br2N2O3S. The third kappa shape index (κ3) is 4.27. The molecule has 0 bridgehead atoms. The van der Waals surface area contributed by atoms with Crippen LogP contribution in [-0.2, 0) is 10.0 Å². The average Bonchev–Trinajstić information content (AvgIpc) is 2.94. The van der Waals surface area contributed by atoms with Crippen molar-refractivity contribution in [1.29, 1.82) is 0 Å². The second kappa shape index (κ2) is 7.52. The van der Waals surface area contributed by atoms with Crippen LogP contribution in [0.1, 0.15) is 12.8 Å². The molecule has 0 amide bonds. The smallest absolute Gasteiger partial charge is 0.244 e. The number of halogens is 2. The number of benzene rings is 1. The van der Waals surface area contributed by atoms with Crippen LogP contribution in [0.4, 0.5) is 0 Å². The van der Waals surface area contributed by atoms with Gasteiger partial charge in [0.1, 0.15) is 0 Å². The molecule has 8 heteroatoms. The van der Waals surface area contributed by atoms with Crippen LogP contribution < -0.4 is 5.32 Å². The van der Waals surface area contributed by atoms with Gasteiger partial charge in [-0.05, 0) is 53.5 Å². The Labute approximate surface area is 142 Å². The Morgan fingerprint density at radius 2 is 2.14 bits per heavy atom. The minimum Gasteiger partial charge on any atom is -0.395 e. The fraction of sp³-hybridized carbons (Fsp3) is 0.538. The van der Waals surface area contributed by atoms with Crippen molar-refractivity contribution in [2.24, 2.45) is 0 Å². The number of sulfonamides is 1. The quantitative estimate of drug-likeness (QED) is 0.707. The predicted octanol–water partition coefficient (Wildman–Crippen LogP) is 1.95. The highest BCUT2D eigenvalue weighted by Crippen LogP contribution is 2.28. The second-order valence-electron chi connectivity index (χ2n) is 4.95. The number of hydrogen-bond donors (Lipinski definition) is 2. The Morgan fingerprint density at radius 1 is 1.38 bits per heavy atom. The highest BCUT2D eigenvalue weighted by atomic mass is 79.9. The van der Waals surface area contributed by atoms with E-state index in [-0.39, 0.29) is 24.1 Å². The minimum absolute atomic E-state index is 0.0967. The van der Waals surface area contributed by atoms with Crippen LogP contribution in [0.15, 0.2) is 32.0 Å². The van der Waals surface area contributed by atoms with Gasteiger partial charge in [0.2, 0.25) is 10.0 Å². The third-order valence-electron chi connectivity index (χ3n) is 3.45. The van der Waals surface area contributed by atoms with E-state index in [4.69, 9.17) is 0 Å². The molecule has 0 aromatic heterocycles. The highest BCUT2D eigenvalue weighted by Gasteiger charge is 2.29. The third-order valence-corrected chi connectivity index (χ3v) is 6.80. The minimum atomic E-state index is -3.65. The molecular weight excluding hydrogens is 424 g/mol. The van der Waals surface area contributed by atoms with Gasteiger partial charge in [-0.1, -0.05) is 15.9 Å². The van der Waals surface area contributed by atoms with Crippen LogP contribution in [0, 0.1) is 0 Å². The first-order chi connectivity index (χ1) is 9.95. The maximum atomic E-state index is 12.8. The van der Waals surface area contributed by atoms with Gasteiger partial charge in [-0.3, -0.25) is 0 Å². The molecule has 118 valence electrons. The topological polar surface area (TPSA) is 69.6 Å². The summed E-state index contributed by atoms with van der Waals surface area (Å²) in [4.78, 5) is 0.211. The molecule has 21 heavy (non-hydrogen) atoms. The van der Waals surface area contributed by atoms with Gasteiger partial charge in [0.25, 0.3) is 0 Å². The number of aliphatic hydroxyl groups is 1. The van der Waals surface area contributed by atoms with E-state index in [1.165, 1.54) is 4.31 Å². The van der Waals surface area contributed by atoms with Gasteiger partial charge in [-0.15, -0.1) is 0 Å². The van der Waals surface area contributed by atoms with E-state index in [0.717, 1.165) is 19.4 Å². The molecule has 1 aromatic rings. The maximum Gasteiger partial charge on any atom is 0.244 e. The van der Waals surface area contributed by atoms with Crippen LogP contribution in [0.3, 0.4) is 0 Å². The molecule has 2 rings (SSSR count). The molecule has 5 nitrogen and oxygen atoms in total. The molecule has 1 saturated heterocycles. The van der Waals surface area contributed by atoms with Crippen LogP contribution in [-0.4, -0.2) is 50.1 Å². The maximum absolute atomic E-state index is 12.8. The van der Waals surface area contributed by atoms with E-state index in [1.807, 2.05) is 0 Å². The number of rotatable bonds is 6. The second-order valence-corrected chi connectivity index (χ2v) is 8.63. The summed E-state index contributed by atoms with van der Waals surface area (Å²) < 4.78 is 28.2. The largest absolute Gasteiger partial charge is 0.395 e. The molecule has 0 aliphatic carbocycles. The Hall–Kier alpha value is 0.01000. The van der Waals surface area contributed by atoms with Crippen molar-refractivity contribution < 1.29 is 13.5 Å². The molecule has 1 aliphatic heterocycles. The number of nitrogens with zero attached hydrogens (tertiary/aromatic N) is 1.